The predicted octanol–water partition coefficient (Wildman–Crippen LogP) is 3.10. The molecule has 0 unspecified atom stereocenters. The van der Waals surface area contributed by atoms with Gasteiger partial charge in [0.05, 0.1) is 19.8 Å². The maximum atomic E-state index is 12.9. The van der Waals surface area contributed by atoms with Crippen LogP contribution in [0.4, 0.5) is 13.2 Å². The van der Waals surface area contributed by atoms with Gasteiger partial charge in [-0.25, -0.2) is 0 Å². The molecule has 1 saturated heterocycles. The van der Waals surface area contributed by atoms with Crippen LogP contribution in [0.5, 0.6) is 5.75 Å². The van der Waals surface area contributed by atoms with Crippen LogP contribution in [0.2, 0.25) is 0 Å². The Morgan fingerprint density at radius 2 is 1.95 bits per heavy atom. The summed E-state index contributed by atoms with van der Waals surface area (Å²) in [5, 5.41) is 0. The largest absolute Gasteiger partial charge is 0.494 e. The van der Waals surface area contributed by atoms with Crippen LogP contribution in [0.25, 0.3) is 0 Å². The number of hydrogen-bond donors (Lipinski definition) is 0. The second kappa shape index (κ2) is 5.79. The minimum atomic E-state index is -4.44. The Balaban J connectivity index is 2.07. The molecule has 1 aromatic carbocycles. The zero-order valence-corrected chi connectivity index (χ0v) is 10.4. The molecule has 0 amide bonds. The van der Waals surface area contributed by atoms with Crippen LogP contribution in [-0.2, 0) is 9.47 Å². The first kappa shape index (κ1) is 14.1. The van der Waals surface area contributed by atoms with Crippen LogP contribution < -0.4 is 4.74 Å². The van der Waals surface area contributed by atoms with Gasteiger partial charge in [-0.15, -0.1) is 0 Å². The number of ether oxygens (including phenoxy) is 3. The summed E-state index contributed by atoms with van der Waals surface area (Å²) in [6.45, 7) is 2.70. The highest BCUT2D eigenvalue weighted by molar-refractivity contribution is 5.29. The number of epoxide rings is 1. The van der Waals surface area contributed by atoms with E-state index in [1.54, 1.807) is 0 Å². The van der Waals surface area contributed by atoms with Crippen LogP contribution in [0.1, 0.15) is 18.6 Å². The minimum Gasteiger partial charge on any atom is -0.494 e. The van der Waals surface area contributed by atoms with Crippen LogP contribution in [0.15, 0.2) is 24.3 Å². The number of benzene rings is 1. The van der Waals surface area contributed by atoms with Gasteiger partial charge in [0.15, 0.2) is 6.10 Å². The summed E-state index contributed by atoms with van der Waals surface area (Å²) in [6.07, 6.45) is -6.57. The lowest BCUT2D eigenvalue weighted by Crippen LogP contribution is -2.25. The normalized spacial score (nSPS) is 20.1. The van der Waals surface area contributed by atoms with E-state index in [9.17, 15) is 13.2 Å². The van der Waals surface area contributed by atoms with Gasteiger partial charge in [-0.1, -0.05) is 12.1 Å². The van der Waals surface area contributed by atoms with Gasteiger partial charge in [-0.05, 0) is 24.6 Å². The minimum absolute atomic E-state index is 0.0443. The van der Waals surface area contributed by atoms with Gasteiger partial charge >= 0.3 is 6.18 Å². The molecule has 1 aliphatic heterocycles. The van der Waals surface area contributed by atoms with Crippen molar-refractivity contribution in [2.45, 2.75) is 25.3 Å². The second-order valence-electron chi connectivity index (χ2n) is 4.21. The van der Waals surface area contributed by atoms with Crippen molar-refractivity contribution >= 4 is 0 Å². The first-order valence-electron chi connectivity index (χ1n) is 6.03. The quantitative estimate of drug-likeness (QED) is 0.748. The average Bonchev–Trinajstić information content (AvgIpc) is 3.14. The van der Waals surface area contributed by atoms with E-state index in [1.807, 2.05) is 6.92 Å². The van der Waals surface area contributed by atoms with Gasteiger partial charge in [0, 0.05) is 0 Å². The van der Waals surface area contributed by atoms with Crippen molar-refractivity contribution in [2.24, 2.45) is 0 Å². The van der Waals surface area contributed by atoms with E-state index in [0.717, 1.165) is 0 Å². The fourth-order valence-corrected chi connectivity index (χ4v) is 1.65. The summed E-state index contributed by atoms with van der Waals surface area (Å²) >= 11 is 0. The molecule has 1 aromatic rings. The lowest BCUT2D eigenvalue weighted by molar-refractivity contribution is -0.224. The van der Waals surface area contributed by atoms with E-state index < -0.39 is 12.3 Å². The summed E-state index contributed by atoms with van der Waals surface area (Å²) in [4.78, 5) is 0. The second-order valence-corrected chi connectivity index (χ2v) is 4.21. The Hall–Kier alpha value is -1.27. The summed E-state index contributed by atoms with van der Waals surface area (Å²) in [5.41, 5.74) is 0.0663. The molecule has 0 aliphatic carbocycles. The van der Waals surface area contributed by atoms with Crippen molar-refractivity contribution in [2.75, 3.05) is 19.8 Å². The third kappa shape index (κ3) is 4.11. The predicted molar refractivity (Wildman–Crippen MR) is 62.1 cm³/mol. The highest BCUT2D eigenvalue weighted by Crippen LogP contribution is 2.37. The molecule has 2 rings (SSSR count). The summed E-state index contributed by atoms with van der Waals surface area (Å²) in [5.74, 6) is 0.540. The molecule has 6 heteroatoms. The first-order chi connectivity index (χ1) is 9.00. The molecule has 0 aromatic heterocycles. The van der Waals surface area contributed by atoms with E-state index in [4.69, 9.17) is 14.2 Å². The lowest BCUT2D eigenvalue weighted by Gasteiger charge is -2.21. The Morgan fingerprint density at radius 1 is 1.32 bits per heavy atom. The molecule has 0 spiro atoms. The van der Waals surface area contributed by atoms with Gasteiger partial charge < -0.3 is 14.2 Å². The molecule has 0 saturated carbocycles. The Labute approximate surface area is 109 Å². The molecule has 2 atom stereocenters. The van der Waals surface area contributed by atoms with Gasteiger partial charge in [0.25, 0.3) is 0 Å². The van der Waals surface area contributed by atoms with E-state index in [-0.39, 0.29) is 18.3 Å². The van der Waals surface area contributed by atoms with Crippen LogP contribution in [0, 0.1) is 0 Å². The van der Waals surface area contributed by atoms with Crippen molar-refractivity contribution < 1.29 is 27.4 Å². The Kier molecular flexibility index (Phi) is 4.31. The molecular weight excluding hydrogens is 261 g/mol. The molecule has 3 nitrogen and oxygen atoms in total. The molecule has 19 heavy (non-hydrogen) atoms. The Morgan fingerprint density at radius 3 is 2.42 bits per heavy atom. The molecule has 1 heterocycles. The summed E-state index contributed by atoms with van der Waals surface area (Å²) in [7, 11) is 0. The maximum absolute atomic E-state index is 12.9. The van der Waals surface area contributed by atoms with Gasteiger partial charge in [0.1, 0.15) is 11.9 Å². The number of rotatable bonds is 6. The molecular formula is C13H15F3O3. The molecule has 0 bridgehead atoms. The highest BCUT2D eigenvalue weighted by atomic mass is 19.4. The standard InChI is InChI=1S/C13H15F3O3/c1-2-17-10-5-3-9(4-6-10)12(13(14,15)16)19-8-11-7-18-11/h3-6,11-12H,2,7-8H2,1H3/t11-,12-/m0/s1. The van der Waals surface area contributed by atoms with E-state index in [1.165, 1.54) is 24.3 Å². The first-order valence-corrected chi connectivity index (χ1v) is 6.03. The maximum Gasteiger partial charge on any atom is 0.418 e. The zero-order chi connectivity index (χ0) is 13.9. The smallest absolute Gasteiger partial charge is 0.418 e. The van der Waals surface area contributed by atoms with E-state index in [0.29, 0.717) is 19.0 Å². The summed E-state index contributed by atoms with van der Waals surface area (Å²) < 4.78 is 53.7. The SMILES string of the molecule is CCOc1ccc([C@H](OC[C@@H]2CO2)C(F)(F)F)cc1. The van der Waals surface area contributed by atoms with E-state index >= 15 is 0 Å². The topological polar surface area (TPSA) is 31.0 Å². The van der Waals surface area contributed by atoms with Crippen molar-refractivity contribution in [1.82, 2.24) is 0 Å². The van der Waals surface area contributed by atoms with Crippen molar-refractivity contribution in [3.63, 3.8) is 0 Å². The third-order valence-corrected chi connectivity index (χ3v) is 2.64. The third-order valence-electron chi connectivity index (χ3n) is 2.64. The van der Waals surface area contributed by atoms with E-state index in [2.05, 4.69) is 0 Å². The van der Waals surface area contributed by atoms with Crippen LogP contribution in [-0.4, -0.2) is 32.1 Å². The molecule has 1 fully saturated rings. The molecule has 0 N–H and O–H groups in total. The fraction of sp³-hybridized carbons (Fsp3) is 0.538. The van der Waals surface area contributed by atoms with Crippen molar-refractivity contribution in [3.05, 3.63) is 29.8 Å². The molecule has 1 aliphatic rings. The van der Waals surface area contributed by atoms with Crippen molar-refractivity contribution in [1.29, 1.82) is 0 Å². The lowest BCUT2D eigenvalue weighted by atomic mass is 10.1. The summed E-state index contributed by atoms with van der Waals surface area (Å²) in [6, 6.07) is 5.76. The van der Waals surface area contributed by atoms with Gasteiger partial charge in [-0.2, -0.15) is 13.2 Å². The number of halogens is 3. The van der Waals surface area contributed by atoms with Crippen LogP contribution in [0.3, 0.4) is 0 Å². The van der Waals surface area contributed by atoms with Gasteiger partial charge in [0.2, 0.25) is 0 Å². The number of hydrogen-bond acceptors (Lipinski definition) is 3. The monoisotopic (exact) mass is 276 g/mol. The molecule has 106 valence electrons. The van der Waals surface area contributed by atoms with Crippen LogP contribution >= 0.6 is 0 Å². The highest BCUT2D eigenvalue weighted by Gasteiger charge is 2.43. The molecule has 0 radical (unpaired) electrons. The van der Waals surface area contributed by atoms with Crippen molar-refractivity contribution in [3.8, 4) is 5.75 Å². The fourth-order valence-electron chi connectivity index (χ4n) is 1.65. The number of alkyl halides is 3. The average molecular weight is 276 g/mol. The zero-order valence-electron chi connectivity index (χ0n) is 10.4. The Bertz CT molecular complexity index is 399. The van der Waals surface area contributed by atoms with Gasteiger partial charge in [-0.3, -0.25) is 0 Å².